The van der Waals surface area contributed by atoms with Crippen molar-refractivity contribution >= 4 is 17.9 Å². The van der Waals surface area contributed by atoms with E-state index in [9.17, 15) is 14.4 Å². The van der Waals surface area contributed by atoms with Gasteiger partial charge in [-0.1, -0.05) is 237 Å². The predicted molar refractivity (Wildman–Crippen MR) is 256 cm³/mol. The number of hydrogen-bond acceptors (Lipinski definition) is 6. The fourth-order valence-corrected chi connectivity index (χ4v) is 7.52. The number of rotatable bonds is 47. The van der Waals surface area contributed by atoms with Crippen molar-refractivity contribution in [1.29, 1.82) is 0 Å². The van der Waals surface area contributed by atoms with Crippen LogP contribution in [0, 0.1) is 0 Å². The van der Waals surface area contributed by atoms with Crippen LogP contribution in [0.3, 0.4) is 0 Å². The van der Waals surface area contributed by atoms with E-state index in [0.717, 1.165) is 83.5 Å². The second-order valence-electron chi connectivity index (χ2n) is 17.4. The molecule has 0 heterocycles. The molecule has 0 bridgehead atoms. The first-order valence-corrected chi connectivity index (χ1v) is 26.0. The van der Waals surface area contributed by atoms with Crippen molar-refractivity contribution in [2.24, 2.45) is 0 Å². The first-order chi connectivity index (χ1) is 29.5. The molecule has 6 nitrogen and oxygen atoms in total. The molecule has 0 aromatic rings. The van der Waals surface area contributed by atoms with Gasteiger partial charge >= 0.3 is 17.9 Å². The maximum absolute atomic E-state index is 12.8. The van der Waals surface area contributed by atoms with Crippen molar-refractivity contribution in [3.8, 4) is 0 Å². The lowest BCUT2D eigenvalue weighted by molar-refractivity contribution is -0.167. The molecule has 0 spiro atoms. The lowest BCUT2D eigenvalue weighted by atomic mass is 10.0. The zero-order valence-corrected chi connectivity index (χ0v) is 40.0. The Balaban J connectivity index is 4.37. The molecule has 0 radical (unpaired) electrons. The maximum Gasteiger partial charge on any atom is 0.306 e. The summed E-state index contributed by atoms with van der Waals surface area (Å²) in [6, 6.07) is 0. The van der Waals surface area contributed by atoms with Gasteiger partial charge < -0.3 is 14.2 Å². The van der Waals surface area contributed by atoms with Crippen LogP contribution in [-0.4, -0.2) is 37.2 Å². The number of carbonyl (C=O) groups excluding carboxylic acids is 3. The SMILES string of the molecule is CC/C=C\C/C=C\C/C=C\CCCCCC(=O)OCC(COC(=O)CCCCCCCCCCCCCCCCC)OC(=O)CCCCCCCCCCCCCCCC. The van der Waals surface area contributed by atoms with Crippen LogP contribution < -0.4 is 0 Å². The minimum atomic E-state index is -0.778. The fraction of sp³-hybridized carbons (Fsp3) is 0.833. The standard InChI is InChI=1S/C54H98O6/c1-4-7-10-13-16-19-22-25-27-30-32-35-38-41-44-47-53(56)59-50-51(49-58-52(55)46-43-40-37-34-31-28-24-21-18-15-12-9-6-3)60-54(57)48-45-42-39-36-33-29-26-23-20-17-14-11-8-5-2/h9,12,18,21,28,31,51H,4-8,10-11,13-17,19-20,22-27,29-30,32-50H2,1-3H3/b12-9-,21-18-,31-28-. The molecule has 0 aliphatic heterocycles. The Morgan fingerprint density at radius 3 is 1.02 bits per heavy atom. The highest BCUT2D eigenvalue weighted by atomic mass is 16.6. The highest BCUT2D eigenvalue weighted by Gasteiger charge is 2.19. The van der Waals surface area contributed by atoms with Gasteiger partial charge in [-0.3, -0.25) is 14.4 Å². The number of allylic oxidation sites excluding steroid dienone is 6. The average Bonchev–Trinajstić information content (AvgIpc) is 3.24. The molecule has 0 saturated carbocycles. The van der Waals surface area contributed by atoms with Gasteiger partial charge in [0.2, 0.25) is 0 Å². The average molecular weight is 843 g/mol. The van der Waals surface area contributed by atoms with E-state index in [2.05, 4.69) is 57.2 Å². The molecule has 0 aliphatic rings. The third kappa shape index (κ3) is 46.7. The quantitative estimate of drug-likeness (QED) is 0.0263. The summed E-state index contributed by atoms with van der Waals surface area (Å²) >= 11 is 0. The Bertz CT molecular complexity index is 1020. The number of carbonyl (C=O) groups is 3. The zero-order valence-electron chi connectivity index (χ0n) is 40.0. The van der Waals surface area contributed by atoms with E-state index < -0.39 is 6.10 Å². The van der Waals surface area contributed by atoms with Crippen LogP contribution in [0.5, 0.6) is 0 Å². The van der Waals surface area contributed by atoms with Crippen LogP contribution in [0.4, 0.5) is 0 Å². The number of esters is 3. The summed E-state index contributed by atoms with van der Waals surface area (Å²) in [6.07, 6.45) is 57.0. The Labute approximate surface area is 372 Å². The Morgan fingerprint density at radius 1 is 0.350 bits per heavy atom. The third-order valence-electron chi connectivity index (χ3n) is 11.4. The molecule has 0 amide bonds. The highest BCUT2D eigenvalue weighted by Crippen LogP contribution is 2.16. The lowest BCUT2D eigenvalue weighted by Crippen LogP contribution is -2.30. The van der Waals surface area contributed by atoms with E-state index >= 15 is 0 Å². The van der Waals surface area contributed by atoms with Crippen molar-refractivity contribution in [3.05, 3.63) is 36.5 Å². The number of ether oxygens (including phenoxy) is 3. The normalized spacial score (nSPS) is 12.2. The summed E-state index contributed by atoms with van der Waals surface area (Å²) in [7, 11) is 0. The molecule has 0 rings (SSSR count). The molecule has 350 valence electrons. The van der Waals surface area contributed by atoms with Crippen molar-refractivity contribution in [2.75, 3.05) is 13.2 Å². The van der Waals surface area contributed by atoms with E-state index in [-0.39, 0.29) is 31.1 Å². The van der Waals surface area contributed by atoms with Crippen molar-refractivity contribution < 1.29 is 28.6 Å². The van der Waals surface area contributed by atoms with Gasteiger partial charge in [0.05, 0.1) is 0 Å². The zero-order chi connectivity index (χ0) is 43.7. The van der Waals surface area contributed by atoms with Gasteiger partial charge in [-0.15, -0.1) is 0 Å². The molecule has 0 fully saturated rings. The first-order valence-electron chi connectivity index (χ1n) is 26.0. The molecule has 6 heteroatoms. The number of unbranched alkanes of at least 4 members (excludes halogenated alkanes) is 30. The van der Waals surface area contributed by atoms with Gasteiger partial charge in [0.25, 0.3) is 0 Å². The maximum atomic E-state index is 12.8. The Hall–Kier alpha value is -2.37. The molecular formula is C54H98O6. The second kappa shape index (κ2) is 49.3. The minimum Gasteiger partial charge on any atom is -0.462 e. The van der Waals surface area contributed by atoms with E-state index in [1.54, 1.807) is 0 Å². The summed E-state index contributed by atoms with van der Waals surface area (Å²) in [5.41, 5.74) is 0. The summed E-state index contributed by atoms with van der Waals surface area (Å²) in [6.45, 7) is 6.52. The van der Waals surface area contributed by atoms with Crippen molar-refractivity contribution in [1.82, 2.24) is 0 Å². The van der Waals surface area contributed by atoms with Crippen molar-refractivity contribution in [2.45, 2.75) is 277 Å². The van der Waals surface area contributed by atoms with Gasteiger partial charge in [0.15, 0.2) is 6.10 Å². The van der Waals surface area contributed by atoms with Crippen LogP contribution in [0.15, 0.2) is 36.5 Å². The molecule has 0 aromatic heterocycles. The van der Waals surface area contributed by atoms with Gasteiger partial charge in [-0.2, -0.15) is 0 Å². The van der Waals surface area contributed by atoms with E-state index in [1.165, 1.54) is 148 Å². The Morgan fingerprint density at radius 2 is 0.650 bits per heavy atom. The van der Waals surface area contributed by atoms with Crippen LogP contribution in [0.1, 0.15) is 271 Å². The molecule has 0 aromatic carbocycles. The largest absolute Gasteiger partial charge is 0.462 e. The van der Waals surface area contributed by atoms with Gasteiger partial charge in [0.1, 0.15) is 13.2 Å². The van der Waals surface area contributed by atoms with Crippen LogP contribution in [-0.2, 0) is 28.6 Å². The van der Waals surface area contributed by atoms with E-state index in [1.807, 2.05) is 0 Å². The fourth-order valence-electron chi connectivity index (χ4n) is 7.52. The summed E-state index contributed by atoms with van der Waals surface area (Å²) in [4.78, 5) is 37.9. The predicted octanol–water partition coefficient (Wildman–Crippen LogP) is 16.9. The summed E-state index contributed by atoms with van der Waals surface area (Å²) in [5.74, 6) is -0.895. The number of hydrogen-bond donors (Lipinski definition) is 0. The van der Waals surface area contributed by atoms with Crippen LogP contribution in [0.25, 0.3) is 0 Å². The third-order valence-corrected chi connectivity index (χ3v) is 11.4. The van der Waals surface area contributed by atoms with Gasteiger partial charge in [0, 0.05) is 19.3 Å². The molecule has 1 atom stereocenters. The summed E-state index contributed by atoms with van der Waals surface area (Å²) < 4.78 is 16.8. The smallest absolute Gasteiger partial charge is 0.306 e. The molecule has 0 N–H and O–H groups in total. The molecular weight excluding hydrogens is 745 g/mol. The molecule has 0 saturated heterocycles. The topological polar surface area (TPSA) is 78.9 Å². The van der Waals surface area contributed by atoms with Crippen molar-refractivity contribution in [3.63, 3.8) is 0 Å². The molecule has 60 heavy (non-hydrogen) atoms. The van der Waals surface area contributed by atoms with E-state index in [0.29, 0.717) is 19.3 Å². The lowest BCUT2D eigenvalue weighted by Gasteiger charge is -2.18. The second-order valence-corrected chi connectivity index (χ2v) is 17.4. The van der Waals surface area contributed by atoms with Crippen LogP contribution in [0.2, 0.25) is 0 Å². The van der Waals surface area contributed by atoms with E-state index in [4.69, 9.17) is 14.2 Å². The van der Waals surface area contributed by atoms with Crippen LogP contribution >= 0.6 is 0 Å². The molecule has 0 aliphatic carbocycles. The van der Waals surface area contributed by atoms with Gasteiger partial charge in [-0.25, -0.2) is 0 Å². The van der Waals surface area contributed by atoms with Gasteiger partial charge in [-0.05, 0) is 51.4 Å². The minimum absolute atomic E-state index is 0.0771. The monoisotopic (exact) mass is 843 g/mol. The molecule has 1 unspecified atom stereocenters. The Kier molecular flexibility index (Phi) is 47.3. The summed E-state index contributed by atoms with van der Waals surface area (Å²) in [5, 5.41) is 0. The highest BCUT2D eigenvalue weighted by molar-refractivity contribution is 5.71. The first kappa shape index (κ1) is 57.6.